The second kappa shape index (κ2) is 8.46. The summed E-state index contributed by atoms with van der Waals surface area (Å²) in [5.41, 5.74) is 6.29. The summed E-state index contributed by atoms with van der Waals surface area (Å²) >= 11 is 0. The molecule has 0 bridgehead atoms. The van der Waals surface area contributed by atoms with E-state index in [0.29, 0.717) is 37.1 Å². The molecule has 8 nitrogen and oxygen atoms in total. The molecule has 1 fully saturated rings. The van der Waals surface area contributed by atoms with E-state index in [1.807, 2.05) is 0 Å². The van der Waals surface area contributed by atoms with E-state index in [-0.39, 0.29) is 30.0 Å². The molecular weight excluding hydrogens is 336 g/mol. The Kier molecular flexibility index (Phi) is 6.32. The van der Waals surface area contributed by atoms with Gasteiger partial charge < -0.3 is 21.1 Å². The standard InChI is InChI=1S/C18H24N4O4/c1-11(18(26)22-8-6-12(7-9-22)10-15(23)24)21-17(25)14-4-2-13(3-5-14)16(19)20/h2-5,11-12H,6-10H2,1H3,(H3,19,20)(H,21,25)(H,23,24)/t11-/m0/s1. The first-order valence-corrected chi connectivity index (χ1v) is 8.54. The monoisotopic (exact) mass is 360 g/mol. The number of amides is 2. The third-order valence-corrected chi connectivity index (χ3v) is 4.57. The SMILES string of the molecule is C[C@H](NC(=O)c1ccc(C(=N)N)cc1)C(=O)N1CCC(CC(=O)O)CC1. The summed E-state index contributed by atoms with van der Waals surface area (Å²) in [6.07, 6.45) is 1.45. The number of carbonyl (C=O) groups excluding carboxylic acids is 2. The number of hydrogen-bond acceptors (Lipinski definition) is 4. The fraction of sp³-hybridized carbons (Fsp3) is 0.444. The third kappa shape index (κ3) is 5.05. The molecule has 0 aliphatic carbocycles. The second-order valence-corrected chi connectivity index (χ2v) is 6.55. The highest BCUT2D eigenvalue weighted by atomic mass is 16.4. The maximum absolute atomic E-state index is 12.5. The van der Waals surface area contributed by atoms with Crippen molar-refractivity contribution in [2.75, 3.05) is 13.1 Å². The molecule has 0 aromatic heterocycles. The van der Waals surface area contributed by atoms with E-state index in [1.54, 1.807) is 36.1 Å². The first kappa shape index (κ1) is 19.4. The van der Waals surface area contributed by atoms with E-state index < -0.39 is 12.0 Å². The highest BCUT2D eigenvalue weighted by molar-refractivity contribution is 5.99. The van der Waals surface area contributed by atoms with Crippen molar-refractivity contribution >= 4 is 23.6 Å². The highest BCUT2D eigenvalue weighted by Gasteiger charge is 2.27. The Morgan fingerprint density at radius 2 is 1.77 bits per heavy atom. The number of nitrogens with zero attached hydrogens (tertiary/aromatic N) is 1. The number of piperidine rings is 1. The Bertz CT molecular complexity index is 694. The molecule has 140 valence electrons. The van der Waals surface area contributed by atoms with E-state index in [9.17, 15) is 14.4 Å². The predicted molar refractivity (Wildman–Crippen MR) is 95.9 cm³/mol. The van der Waals surface area contributed by atoms with Gasteiger partial charge in [0, 0.05) is 30.6 Å². The number of aliphatic carboxylic acids is 1. The minimum absolute atomic E-state index is 0.0770. The number of benzene rings is 1. The number of amidine groups is 1. The molecule has 2 rings (SSSR count). The van der Waals surface area contributed by atoms with Gasteiger partial charge in [-0.05, 0) is 37.8 Å². The summed E-state index contributed by atoms with van der Waals surface area (Å²) in [6, 6.07) is 5.60. The maximum Gasteiger partial charge on any atom is 0.303 e. The van der Waals surface area contributed by atoms with E-state index in [4.69, 9.17) is 16.2 Å². The van der Waals surface area contributed by atoms with Gasteiger partial charge in [0.05, 0.1) is 0 Å². The normalized spacial score (nSPS) is 16.0. The topological polar surface area (TPSA) is 137 Å². The van der Waals surface area contributed by atoms with Crippen molar-refractivity contribution in [1.82, 2.24) is 10.2 Å². The van der Waals surface area contributed by atoms with Crippen molar-refractivity contribution < 1.29 is 19.5 Å². The number of carbonyl (C=O) groups is 3. The van der Waals surface area contributed by atoms with Crippen LogP contribution in [0.3, 0.4) is 0 Å². The van der Waals surface area contributed by atoms with Crippen LogP contribution in [-0.4, -0.2) is 52.8 Å². The van der Waals surface area contributed by atoms with Crippen molar-refractivity contribution in [2.24, 2.45) is 11.7 Å². The Balaban J connectivity index is 1.87. The van der Waals surface area contributed by atoms with Gasteiger partial charge in [0.25, 0.3) is 5.91 Å². The van der Waals surface area contributed by atoms with Crippen LogP contribution in [-0.2, 0) is 9.59 Å². The van der Waals surface area contributed by atoms with Crippen molar-refractivity contribution in [2.45, 2.75) is 32.2 Å². The van der Waals surface area contributed by atoms with Crippen LogP contribution in [0.1, 0.15) is 42.1 Å². The van der Waals surface area contributed by atoms with Crippen LogP contribution in [0.15, 0.2) is 24.3 Å². The molecule has 0 radical (unpaired) electrons. The predicted octanol–water partition coefficient (Wildman–Crippen LogP) is 0.802. The molecule has 8 heteroatoms. The quantitative estimate of drug-likeness (QED) is 0.439. The fourth-order valence-corrected chi connectivity index (χ4v) is 3.02. The maximum atomic E-state index is 12.5. The summed E-state index contributed by atoms with van der Waals surface area (Å²) in [5.74, 6) is -1.34. The molecule has 0 unspecified atom stereocenters. The van der Waals surface area contributed by atoms with Crippen LogP contribution in [0.4, 0.5) is 0 Å². The van der Waals surface area contributed by atoms with Crippen LogP contribution in [0.2, 0.25) is 0 Å². The first-order chi connectivity index (χ1) is 12.3. The van der Waals surface area contributed by atoms with Gasteiger partial charge in [0.1, 0.15) is 11.9 Å². The van der Waals surface area contributed by atoms with Crippen LogP contribution >= 0.6 is 0 Å². The number of carboxylic acid groups (broad SMARTS) is 1. The Morgan fingerprint density at radius 3 is 2.27 bits per heavy atom. The molecule has 5 N–H and O–H groups in total. The minimum Gasteiger partial charge on any atom is -0.481 e. The first-order valence-electron chi connectivity index (χ1n) is 8.54. The lowest BCUT2D eigenvalue weighted by molar-refractivity contribution is -0.139. The van der Waals surface area contributed by atoms with Gasteiger partial charge in [0.2, 0.25) is 5.91 Å². The molecule has 1 aliphatic rings. The average Bonchev–Trinajstić information content (AvgIpc) is 2.61. The molecule has 2 amide bonds. The summed E-state index contributed by atoms with van der Waals surface area (Å²) in [5, 5.41) is 18.9. The molecule has 0 spiro atoms. The molecule has 1 aromatic carbocycles. The number of nitrogens with one attached hydrogen (secondary N) is 2. The summed E-state index contributed by atoms with van der Waals surface area (Å²) < 4.78 is 0. The zero-order valence-electron chi connectivity index (χ0n) is 14.7. The number of hydrogen-bond donors (Lipinski definition) is 4. The highest BCUT2D eigenvalue weighted by Crippen LogP contribution is 2.21. The van der Waals surface area contributed by atoms with Gasteiger partial charge >= 0.3 is 5.97 Å². The molecule has 26 heavy (non-hydrogen) atoms. The number of rotatable bonds is 6. The van der Waals surface area contributed by atoms with Gasteiger partial charge in [-0.3, -0.25) is 19.8 Å². The smallest absolute Gasteiger partial charge is 0.303 e. The summed E-state index contributed by atoms with van der Waals surface area (Å²) in [7, 11) is 0. The van der Waals surface area contributed by atoms with Gasteiger partial charge in [-0.15, -0.1) is 0 Å². The summed E-state index contributed by atoms with van der Waals surface area (Å²) in [6.45, 7) is 2.64. The lowest BCUT2D eigenvalue weighted by Crippen LogP contribution is -2.49. The van der Waals surface area contributed by atoms with Crippen molar-refractivity contribution in [3.8, 4) is 0 Å². The zero-order chi connectivity index (χ0) is 19.3. The molecule has 1 saturated heterocycles. The van der Waals surface area contributed by atoms with E-state index in [2.05, 4.69) is 5.32 Å². The molecule has 1 atom stereocenters. The summed E-state index contributed by atoms with van der Waals surface area (Å²) in [4.78, 5) is 37.2. The molecule has 0 saturated carbocycles. The van der Waals surface area contributed by atoms with Gasteiger partial charge in [-0.2, -0.15) is 0 Å². The number of nitrogen functional groups attached to an aromatic ring is 1. The van der Waals surface area contributed by atoms with Crippen LogP contribution < -0.4 is 11.1 Å². The number of nitrogens with two attached hydrogens (primary N) is 1. The van der Waals surface area contributed by atoms with E-state index in [0.717, 1.165) is 0 Å². The Hall–Kier alpha value is -2.90. The minimum atomic E-state index is -0.814. The van der Waals surface area contributed by atoms with Gasteiger partial charge in [-0.25, -0.2) is 0 Å². The number of likely N-dealkylation sites (tertiary alicyclic amines) is 1. The van der Waals surface area contributed by atoms with Gasteiger partial charge in [0.15, 0.2) is 0 Å². The Labute approximate surface area is 151 Å². The largest absolute Gasteiger partial charge is 0.481 e. The van der Waals surface area contributed by atoms with Crippen molar-refractivity contribution in [3.05, 3.63) is 35.4 Å². The zero-order valence-corrected chi connectivity index (χ0v) is 14.7. The Morgan fingerprint density at radius 1 is 1.23 bits per heavy atom. The van der Waals surface area contributed by atoms with Crippen LogP contribution in [0.5, 0.6) is 0 Å². The van der Waals surface area contributed by atoms with Crippen LogP contribution in [0.25, 0.3) is 0 Å². The molecular formula is C18H24N4O4. The fourth-order valence-electron chi connectivity index (χ4n) is 3.02. The van der Waals surface area contributed by atoms with Crippen molar-refractivity contribution in [3.63, 3.8) is 0 Å². The lowest BCUT2D eigenvalue weighted by Gasteiger charge is -2.33. The molecule has 1 aromatic rings. The molecule has 1 heterocycles. The van der Waals surface area contributed by atoms with E-state index >= 15 is 0 Å². The number of carboxylic acids is 1. The molecule has 1 aliphatic heterocycles. The second-order valence-electron chi connectivity index (χ2n) is 6.55. The van der Waals surface area contributed by atoms with E-state index in [1.165, 1.54) is 0 Å². The van der Waals surface area contributed by atoms with Crippen LogP contribution in [0, 0.1) is 11.3 Å². The van der Waals surface area contributed by atoms with Gasteiger partial charge in [-0.1, -0.05) is 12.1 Å². The lowest BCUT2D eigenvalue weighted by atomic mass is 9.93. The van der Waals surface area contributed by atoms with Crippen molar-refractivity contribution in [1.29, 1.82) is 5.41 Å². The average molecular weight is 360 g/mol. The third-order valence-electron chi connectivity index (χ3n) is 4.57.